The fourth-order valence-corrected chi connectivity index (χ4v) is 4.49. The van der Waals surface area contributed by atoms with Gasteiger partial charge >= 0.3 is 0 Å². The van der Waals surface area contributed by atoms with E-state index >= 15 is 0 Å². The molecule has 0 saturated carbocycles. The van der Waals surface area contributed by atoms with Gasteiger partial charge in [-0.1, -0.05) is 6.07 Å². The van der Waals surface area contributed by atoms with Gasteiger partial charge in [0.2, 0.25) is 5.95 Å². The molecule has 2 aromatic heterocycles. The highest BCUT2D eigenvalue weighted by molar-refractivity contribution is 5.75. The molecule has 1 fully saturated rings. The van der Waals surface area contributed by atoms with Crippen molar-refractivity contribution in [2.24, 2.45) is 0 Å². The zero-order valence-electron chi connectivity index (χ0n) is 20.9. The maximum atomic E-state index is 12.8. The number of aliphatic hydroxyl groups excluding tert-OH is 1. The predicted molar refractivity (Wildman–Crippen MR) is 144 cm³/mol. The number of β-amino-alcohol motifs (C(OH)–C–C–N with tert-alkyl or cyclic N) is 1. The van der Waals surface area contributed by atoms with Crippen molar-refractivity contribution >= 4 is 34.2 Å². The smallest absolute Gasteiger partial charge is 0.275 e. The fourth-order valence-electron chi connectivity index (χ4n) is 4.49. The summed E-state index contributed by atoms with van der Waals surface area (Å²) in [6.45, 7) is 4.45. The molecule has 1 saturated heterocycles. The number of hydrogen-bond acceptors (Lipinski definition) is 10. The monoisotopic (exact) mass is 502 g/mol. The van der Waals surface area contributed by atoms with Crippen molar-refractivity contribution in [3.63, 3.8) is 0 Å². The van der Waals surface area contributed by atoms with E-state index in [2.05, 4.69) is 35.4 Å². The first-order chi connectivity index (χ1) is 18.1. The molecule has 2 aromatic carbocycles. The van der Waals surface area contributed by atoms with Gasteiger partial charge in [0.05, 0.1) is 37.5 Å². The summed E-state index contributed by atoms with van der Waals surface area (Å²) in [5.74, 6) is 0.978. The largest absolute Gasteiger partial charge is 0.494 e. The maximum absolute atomic E-state index is 12.8. The number of piperazine rings is 1. The van der Waals surface area contributed by atoms with E-state index in [0.29, 0.717) is 40.8 Å². The molecule has 4 aromatic rings. The standard InChI is InChI=1S/C26H30N8O3/c1-27-18-4-3-5-20(14-18)34-24(36)17-28-22-16-29-26(31-25(22)34)30-21-7-6-19(15-23(21)37-2)33-10-8-32(9-11-33)12-13-35/h3-7,14-17,27,35H,8-13H2,1-2H3,(H,29,30,31). The lowest BCUT2D eigenvalue weighted by Gasteiger charge is -2.36. The molecule has 0 aliphatic carbocycles. The molecule has 3 N–H and O–H groups in total. The second kappa shape index (κ2) is 10.8. The lowest BCUT2D eigenvalue weighted by atomic mass is 10.2. The number of aliphatic hydroxyl groups is 1. The molecule has 1 aliphatic rings. The van der Waals surface area contributed by atoms with Gasteiger partial charge in [-0.05, 0) is 30.3 Å². The van der Waals surface area contributed by atoms with Crippen LogP contribution in [-0.2, 0) is 0 Å². The Kier molecular flexibility index (Phi) is 7.15. The molecule has 192 valence electrons. The molecule has 0 bridgehead atoms. The molecule has 0 spiro atoms. The van der Waals surface area contributed by atoms with Crippen LogP contribution in [0.5, 0.6) is 5.75 Å². The molecule has 0 amide bonds. The molecular formula is C26H30N8O3. The van der Waals surface area contributed by atoms with Gasteiger partial charge in [0, 0.05) is 57.2 Å². The van der Waals surface area contributed by atoms with E-state index in [9.17, 15) is 9.90 Å². The number of aromatic nitrogens is 4. The summed E-state index contributed by atoms with van der Waals surface area (Å²) < 4.78 is 7.19. The summed E-state index contributed by atoms with van der Waals surface area (Å²) in [5, 5.41) is 15.5. The van der Waals surface area contributed by atoms with E-state index in [-0.39, 0.29) is 12.2 Å². The van der Waals surface area contributed by atoms with Gasteiger partial charge in [-0.3, -0.25) is 14.3 Å². The summed E-state index contributed by atoms with van der Waals surface area (Å²) in [6, 6.07) is 13.5. The van der Waals surface area contributed by atoms with E-state index in [4.69, 9.17) is 4.74 Å². The number of fused-ring (bicyclic) bond motifs is 1. The van der Waals surface area contributed by atoms with Gasteiger partial charge in [-0.25, -0.2) is 9.97 Å². The van der Waals surface area contributed by atoms with Gasteiger partial charge in [0.25, 0.3) is 5.56 Å². The molecule has 11 heteroatoms. The fraction of sp³-hybridized carbons (Fsp3) is 0.308. The third kappa shape index (κ3) is 5.18. The number of anilines is 4. The Morgan fingerprint density at radius 3 is 2.62 bits per heavy atom. The van der Waals surface area contributed by atoms with Crippen LogP contribution in [0.3, 0.4) is 0 Å². The van der Waals surface area contributed by atoms with Crippen molar-refractivity contribution in [1.29, 1.82) is 0 Å². The van der Waals surface area contributed by atoms with Crippen LogP contribution in [-0.4, -0.2) is 83.0 Å². The van der Waals surface area contributed by atoms with Crippen LogP contribution in [0.1, 0.15) is 0 Å². The number of ether oxygens (including phenoxy) is 1. The number of nitrogens with zero attached hydrogens (tertiary/aromatic N) is 6. The average Bonchev–Trinajstić information content (AvgIpc) is 2.94. The summed E-state index contributed by atoms with van der Waals surface area (Å²) in [7, 11) is 3.45. The summed E-state index contributed by atoms with van der Waals surface area (Å²) in [6.07, 6.45) is 2.87. The topological polar surface area (TPSA) is 121 Å². The van der Waals surface area contributed by atoms with Crippen molar-refractivity contribution < 1.29 is 9.84 Å². The van der Waals surface area contributed by atoms with Crippen molar-refractivity contribution in [1.82, 2.24) is 24.4 Å². The lowest BCUT2D eigenvalue weighted by molar-refractivity contribution is 0.189. The first kappa shape index (κ1) is 24.5. The highest BCUT2D eigenvalue weighted by Crippen LogP contribution is 2.32. The molecule has 5 rings (SSSR count). The summed E-state index contributed by atoms with van der Waals surface area (Å²) in [5.41, 5.74) is 3.94. The molecule has 0 atom stereocenters. The molecule has 3 heterocycles. The predicted octanol–water partition coefficient (Wildman–Crippen LogP) is 2.08. The molecule has 0 radical (unpaired) electrons. The Morgan fingerprint density at radius 2 is 1.86 bits per heavy atom. The van der Waals surface area contributed by atoms with E-state index in [1.165, 1.54) is 10.8 Å². The summed E-state index contributed by atoms with van der Waals surface area (Å²) >= 11 is 0. The third-order valence-electron chi connectivity index (χ3n) is 6.47. The van der Waals surface area contributed by atoms with Crippen LogP contribution in [0.2, 0.25) is 0 Å². The number of methoxy groups -OCH3 is 1. The van der Waals surface area contributed by atoms with Crippen molar-refractivity contribution in [3.05, 3.63) is 65.2 Å². The van der Waals surface area contributed by atoms with Crippen molar-refractivity contribution in [3.8, 4) is 11.4 Å². The second-order valence-corrected chi connectivity index (χ2v) is 8.70. The second-order valence-electron chi connectivity index (χ2n) is 8.70. The highest BCUT2D eigenvalue weighted by Gasteiger charge is 2.18. The van der Waals surface area contributed by atoms with E-state index < -0.39 is 0 Å². The van der Waals surface area contributed by atoms with E-state index in [0.717, 1.165) is 37.6 Å². The molecule has 37 heavy (non-hydrogen) atoms. The van der Waals surface area contributed by atoms with Gasteiger partial charge in [-0.15, -0.1) is 0 Å². The van der Waals surface area contributed by atoms with Gasteiger partial charge < -0.3 is 25.4 Å². The minimum Gasteiger partial charge on any atom is -0.494 e. The van der Waals surface area contributed by atoms with Crippen LogP contribution in [0, 0.1) is 0 Å². The zero-order chi connectivity index (χ0) is 25.8. The third-order valence-corrected chi connectivity index (χ3v) is 6.47. The van der Waals surface area contributed by atoms with Gasteiger partial charge in [0.1, 0.15) is 11.3 Å². The highest BCUT2D eigenvalue weighted by atomic mass is 16.5. The Bertz CT molecular complexity index is 1450. The Hall–Kier alpha value is -4.22. The maximum Gasteiger partial charge on any atom is 0.275 e. The summed E-state index contributed by atoms with van der Waals surface area (Å²) in [4.78, 5) is 30.6. The zero-order valence-corrected chi connectivity index (χ0v) is 20.9. The minimum atomic E-state index is -0.286. The van der Waals surface area contributed by atoms with Crippen molar-refractivity contribution in [2.75, 3.05) is 69.0 Å². The normalized spacial score (nSPS) is 14.1. The SMILES string of the molecule is CNc1cccc(-n2c(=O)cnc3cnc(Nc4ccc(N5CCN(CCO)CC5)cc4OC)nc32)c1. The van der Waals surface area contributed by atoms with Crippen LogP contribution < -0.4 is 25.8 Å². The number of rotatable bonds is 8. The van der Waals surface area contributed by atoms with Crippen LogP contribution >= 0.6 is 0 Å². The van der Waals surface area contributed by atoms with Crippen LogP contribution in [0.15, 0.2) is 59.7 Å². The minimum absolute atomic E-state index is 0.180. The Labute approximate surface area is 214 Å². The van der Waals surface area contributed by atoms with E-state index in [1.54, 1.807) is 13.3 Å². The molecule has 11 nitrogen and oxygen atoms in total. The molecular weight excluding hydrogens is 472 g/mol. The Morgan fingerprint density at radius 1 is 1.03 bits per heavy atom. The molecule has 0 unspecified atom stereocenters. The van der Waals surface area contributed by atoms with E-state index in [1.807, 2.05) is 49.5 Å². The molecule has 1 aliphatic heterocycles. The first-order valence-corrected chi connectivity index (χ1v) is 12.2. The number of hydrogen-bond donors (Lipinski definition) is 3. The quantitative estimate of drug-likeness (QED) is 0.330. The van der Waals surface area contributed by atoms with Crippen molar-refractivity contribution in [2.45, 2.75) is 0 Å². The van der Waals surface area contributed by atoms with Crippen LogP contribution in [0.25, 0.3) is 16.9 Å². The van der Waals surface area contributed by atoms with Gasteiger partial charge in [-0.2, -0.15) is 4.98 Å². The van der Waals surface area contributed by atoms with Crippen LogP contribution in [0.4, 0.5) is 23.0 Å². The number of benzene rings is 2. The number of nitrogens with one attached hydrogen (secondary N) is 2. The van der Waals surface area contributed by atoms with Gasteiger partial charge in [0.15, 0.2) is 5.65 Å². The Balaban J connectivity index is 1.44. The average molecular weight is 503 g/mol. The lowest BCUT2D eigenvalue weighted by Crippen LogP contribution is -2.47. The first-order valence-electron chi connectivity index (χ1n) is 12.2.